The van der Waals surface area contributed by atoms with Crippen molar-refractivity contribution < 1.29 is 4.79 Å². The van der Waals surface area contributed by atoms with Gasteiger partial charge >= 0.3 is 0 Å². The van der Waals surface area contributed by atoms with Crippen molar-refractivity contribution in [3.8, 4) is 0 Å². The van der Waals surface area contributed by atoms with Crippen LogP contribution in [-0.2, 0) is 11.2 Å². The molecule has 2 heteroatoms. The topological polar surface area (TPSA) is 29.1 Å². The highest BCUT2D eigenvalue weighted by atomic mass is 16.1. The van der Waals surface area contributed by atoms with Crippen LogP contribution in [-0.4, -0.2) is 18.4 Å². The Morgan fingerprint density at radius 2 is 1.83 bits per heavy atom. The Balaban J connectivity index is 1.68. The maximum Gasteiger partial charge on any atom is 0.154 e. The minimum absolute atomic E-state index is 0.109. The number of carbonyl (C=O) groups is 1. The number of hydrogen-bond donors (Lipinski definition) is 1. The average molecular weight is 243 g/mol. The summed E-state index contributed by atoms with van der Waals surface area (Å²) in [7, 11) is 0. The van der Waals surface area contributed by atoms with Crippen LogP contribution in [0.25, 0.3) is 0 Å². The molecule has 1 atom stereocenters. The lowest BCUT2D eigenvalue weighted by molar-refractivity contribution is -0.121. The van der Waals surface area contributed by atoms with E-state index < -0.39 is 0 Å². The van der Waals surface area contributed by atoms with Crippen molar-refractivity contribution in [1.82, 2.24) is 5.32 Å². The first kappa shape index (κ1) is 11.9. The number of hydrogen-bond acceptors (Lipinski definition) is 2. The van der Waals surface area contributed by atoms with Crippen molar-refractivity contribution in [3.63, 3.8) is 0 Å². The summed E-state index contributed by atoms with van der Waals surface area (Å²) in [6.07, 6.45) is 5.69. The van der Waals surface area contributed by atoms with Gasteiger partial charge in [-0.1, -0.05) is 30.3 Å². The lowest BCUT2D eigenvalue weighted by atomic mass is 9.79. The lowest BCUT2D eigenvalue weighted by Crippen LogP contribution is -2.41. The predicted octanol–water partition coefficient (Wildman–Crippen LogP) is 2.58. The highest BCUT2D eigenvalue weighted by Crippen LogP contribution is 2.34. The van der Waals surface area contributed by atoms with Crippen LogP contribution in [0, 0.1) is 11.8 Å². The normalized spacial score (nSPS) is 31.0. The van der Waals surface area contributed by atoms with Crippen LogP contribution in [0.1, 0.15) is 31.2 Å². The molecule has 0 radical (unpaired) electrons. The molecule has 96 valence electrons. The fourth-order valence-corrected chi connectivity index (χ4v) is 3.47. The predicted molar refractivity (Wildman–Crippen MR) is 72.4 cm³/mol. The molecule has 1 aromatic carbocycles. The Morgan fingerprint density at radius 1 is 1.11 bits per heavy atom. The number of rotatable bonds is 3. The van der Waals surface area contributed by atoms with Gasteiger partial charge < -0.3 is 5.32 Å². The summed E-state index contributed by atoms with van der Waals surface area (Å²) in [6, 6.07) is 10.2. The van der Waals surface area contributed by atoms with E-state index >= 15 is 0 Å². The van der Waals surface area contributed by atoms with Gasteiger partial charge in [0.05, 0.1) is 6.04 Å². The SMILES string of the molecule is O=C(Cc1ccccc1)C1NCC2CCC1CC2. The van der Waals surface area contributed by atoms with E-state index in [4.69, 9.17) is 0 Å². The van der Waals surface area contributed by atoms with Crippen LogP contribution in [0.15, 0.2) is 30.3 Å². The van der Waals surface area contributed by atoms with Gasteiger partial charge in [-0.25, -0.2) is 0 Å². The molecule has 2 aliphatic heterocycles. The zero-order valence-corrected chi connectivity index (χ0v) is 10.8. The van der Waals surface area contributed by atoms with Gasteiger partial charge in [0, 0.05) is 6.42 Å². The molecule has 18 heavy (non-hydrogen) atoms. The van der Waals surface area contributed by atoms with Crippen molar-refractivity contribution >= 4 is 5.78 Å². The fraction of sp³-hybridized carbons (Fsp3) is 0.562. The second-order valence-electron chi connectivity index (χ2n) is 5.80. The van der Waals surface area contributed by atoms with Crippen LogP contribution in [0.3, 0.4) is 0 Å². The third kappa shape index (κ3) is 2.49. The third-order valence-electron chi connectivity index (χ3n) is 4.56. The summed E-state index contributed by atoms with van der Waals surface area (Å²) in [5.41, 5.74) is 1.14. The molecule has 1 saturated carbocycles. The molecule has 2 heterocycles. The van der Waals surface area contributed by atoms with Crippen LogP contribution >= 0.6 is 0 Å². The minimum atomic E-state index is 0.109. The quantitative estimate of drug-likeness (QED) is 0.884. The Kier molecular flexibility index (Phi) is 3.46. The van der Waals surface area contributed by atoms with Crippen molar-refractivity contribution in [1.29, 1.82) is 0 Å². The van der Waals surface area contributed by atoms with Gasteiger partial charge in [-0.05, 0) is 49.6 Å². The van der Waals surface area contributed by atoms with Gasteiger partial charge in [-0.15, -0.1) is 0 Å². The van der Waals surface area contributed by atoms with Gasteiger partial charge in [-0.3, -0.25) is 4.79 Å². The first-order valence-electron chi connectivity index (χ1n) is 7.13. The van der Waals surface area contributed by atoms with Crippen molar-refractivity contribution in [2.75, 3.05) is 6.54 Å². The first-order chi connectivity index (χ1) is 8.83. The van der Waals surface area contributed by atoms with Gasteiger partial charge in [0.2, 0.25) is 0 Å². The second kappa shape index (κ2) is 5.23. The molecular formula is C16H21NO. The molecule has 1 aromatic rings. The van der Waals surface area contributed by atoms with Crippen LogP contribution in [0.2, 0.25) is 0 Å². The van der Waals surface area contributed by atoms with E-state index in [1.54, 1.807) is 0 Å². The number of Topliss-reactive ketones (excluding diaryl/α,β-unsaturated/α-hetero) is 1. The van der Waals surface area contributed by atoms with Crippen molar-refractivity contribution in [3.05, 3.63) is 35.9 Å². The van der Waals surface area contributed by atoms with E-state index in [1.807, 2.05) is 30.3 Å². The Labute approximate surface area is 109 Å². The molecule has 2 nitrogen and oxygen atoms in total. The van der Waals surface area contributed by atoms with Gasteiger partial charge in [0.25, 0.3) is 0 Å². The molecule has 1 N–H and O–H groups in total. The van der Waals surface area contributed by atoms with Gasteiger partial charge in [0.1, 0.15) is 0 Å². The Morgan fingerprint density at radius 3 is 2.56 bits per heavy atom. The number of nitrogens with one attached hydrogen (secondary N) is 1. The molecule has 3 fully saturated rings. The number of fused-ring (bicyclic) bond motifs is 4. The number of ketones is 1. The summed E-state index contributed by atoms with van der Waals surface area (Å²) in [5.74, 6) is 1.78. The highest BCUT2D eigenvalue weighted by Gasteiger charge is 2.35. The van der Waals surface area contributed by atoms with E-state index in [-0.39, 0.29) is 6.04 Å². The smallest absolute Gasteiger partial charge is 0.154 e. The van der Waals surface area contributed by atoms with Crippen LogP contribution in [0.4, 0.5) is 0 Å². The zero-order chi connectivity index (χ0) is 12.4. The molecule has 1 unspecified atom stereocenters. The molecule has 0 aromatic heterocycles. The maximum atomic E-state index is 12.4. The van der Waals surface area contributed by atoms with Crippen molar-refractivity contribution in [2.24, 2.45) is 11.8 Å². The molecule has 0 amide bonds. The van der Waals surface area contributed by atoms with Crippen LogP contribution in [0.5, 0.6) is 0 Å². The summed E-state index contributed by atoms with van der Waals surface area (Å²) < 4.78 is 0. The highest BCUT2D eigenvalue weighted by molar-refractivity contribution is 5.86. The summed E-state index contributed by atoms with van der Waals surface area (Å²) in [6.45, 7) is 1.04. The van der Waals surface area contributed by atoms with E-state index in [2.05, 4.69) is 5.32 Å². The zero-order valence-electron chi connectivity index (χ0n) is 10.8. The van der Waals surface area contributed by atoms with E-state index in [0.717, 1.165) is 18.0 Å². The van der Waals surface area contributed by atoms with E-state index in [9.17, 15) is 4.79 Å². The number of carbonyl (C=O) groups excluding carboxylic acids is 1. The molecule has 2 bridgehead atoms. The van der Waals surface area contributed by atoms with Crippen LogP contribution < -0.4 is 5.32 Å². The largest absolute Gasteiger partial charge is 0.307 e. The molecule has 0 spiro atoms. The second-order valence-corrected chi connectivity index (χ2v) is 5.80. The molecule has 2 saturated heterocycles. The maximum absolute atomic E-state index is 12.4. The summed E-state index contributed by atoms with van der Waals surface area (Å²) in [5, 5.41) is 3.51. The van der Waals surface area contributed by atoms with E-state index in [0.29, 0.717) is 18.1 Å². The molecule has 1 aliphatic carbocycles. The standard InChI is InChI=1S/C16H21NO/c18-15(10-12-4-2-1-3-5-12)16-14-8-6-13(7-9-14)11-17-16/h1-5,13-14,16-17H,6-11H2. The number of benzene rings is 1. The Bertz CT molecular complexity index is 406. The monoisotopic (exact) mass is 243 g/mol. The molecule has 4 rings (SSSR count). The molecular weight excluding hydrogens is 222 g/mol. The van der Waals surface area contributed by atoms with E-state index in [1.165, 1.54) is 25.7 Å². The fourth-order valence-electron chi connectivity index (χ4n) is 3.47. The third-order valence-corrected chi connectivity index (χ3v) is 4.56. The van der Waals surface area contributed by atoms with Gasteiger partial charge in [0.15, 0.2) is 5.78 Å². The summed E-state index contributed by atoms with van der Waals surface area (Å²) in [4.78, 5) is 12.4. The van der Waals surface area contributed by atoms with Crippen molar-refractivity contribution in [2.45, 2.75) is 38.1 Å². The lowest BCUT2D eigenvalue weighted by Gasteiger charge is -2.26. The first-order valence-corrected chi connectivity index (χ1v) is 7.13. The van der Waals surface area contributed by atoms with Gasteiger partial charge in [-0.2, -0.15) is 0 Å². The minimum Gasteiger partial charge on any atom is -0.307 e. The Hall–Kier alpha value is -1.15. The molecule has 3 aliphatic rings. The average Bonchev–Trinajstić information content (AvgIpc) is 2.73. The summed E-state index contributed by atoms with van der Waals surface area (Å²) >= 11 is 0.